The molecule has 0 radical (unpaired) electrons. The number of non-ortho nitro benzene ring substituents is 1. The maximum atomic E-state index is 12.3. The van der Waals surface area contributed by atoms with Gasteiger partial charge in [-0.1, -0.05) is 18.2 Å². The molecule has 1 N–H and O–H groups in total. The standard InChI is InChI=1S/C17H14N4O3/c1-20-11-15(14-4-2-3-5-16(14)20)17(22)19-18-10-12-6-8-13(9-7-12)21(23)24/h2-11H,1H3,(H,19,22)/b18-10-. The maximum Gasteiger partial charge on any atom is 0.273 e. The van der Waals surface area contributed by atoms with Crippen LogP contribution in [0.25, 0.3) is 10.9 Å². The van der Waals surface area contributed by atoms with Gasteiger partial charge in [0.15, 0.2) is 0 Å². The molecule has 0 atom stereocenters. The molecule has 0 saturated heterocycles. The van der Waals surface area contributed by atoms with Crippen molar-refractivity contribution in [3.63, 3.8) is 0 Å². The van der Waals surface area contributed by atoms with E-state index < -0.39 is 4.92 Å². The largest absolute Gasteiger partial charge is 0.350 e. The van der Waals surface area contributed by atoms with Gasteiger partial charge in [0.05, 0.1) is 16.7 Å². The van der Waals surface area contributed by atoms with E-state index in [4.69, 9.17) is 0 Å². The second-order valence-electron chi connectivity index (χ2n) is 5.22. The van der Waals surface area contributed by atoms with Crippen molar-refractivity contribution in [3.8, 4) is 0 Å². The summed E-state index contributed by atoms with van der Waals surface area (Å²) in [5, 5.41) is 15.3. The lowest BCUT2D eigenvalue weighted by Gasteiger charge is -1.98. The smallest absolute Gasteiger partial charge is 0.273 e. The van der Waals surface area contributed by atoms with Gasteiger partial charge < -0.3 is 4.57 Å². The van der Waals surface area contributed by atoms with Crippen molar-refractivity contribution in [2.75, 3.05) is 0 Å². The van der Waals surface area contributed by atoms with Crippen LogP contribution in [0, 0.1) is 10.1 Å². The van der Waals surface area contributed by atoms with Crippen LogP contribution >= 0.6 is 0 Å². The molecule has 0 unspecified atom stereocenters. The molecule has 0 aliphatic carbocycles. The van der Waals surface area contributed by atoms with Crippen molar-refractivity contribution >= 4 is 28.7 Å². The number of benzene rings is 2. The van der Waals surface area contributed by atoms with Crippen molar-refractivity contribution in [2.45, 2.75) is 0 Å². The summed E-state index contributed by atoms with van der Waals surface area (Å²) >= 11 is 0. The van der Waals surface area contributed by atoms with Crippen LogP contribution in [-0.4, -0.2) is 21.6 Å². The third-order valence-electron chi connectivity index (χ3n) is 3.63. The van der Waals surface area contributed by atoms with Crippen LogP contribution in [-0.2, 0) is 7.05 Å². The van der Waals surface area contributed by atoms with Gasteiger partial charge >= 0.3 is 0 Å². The number of para-hydroxylation sites is 1. The number of hydrazone groups is 1. The Morgan fingerprint density at radius 3 is 2.62 bits per heavy atom. The first-order valence-electron chi connectivity index (χ1n) is 7.18. The van der Waals surface area contributed by atoms with Gasteiger partial charge in [-0.3, -0.25) is 14.9 Å². The summed E-state index contributed by atoms with van der Waals surface area (Å²) in [6.45, 7) is 0. The SMILES string of the molecule is Cn1cc(C(=O)N/N=C\c2ccc([N+](=O)[O-])cc2)c2ccccc21. The van der Waals surface area contributed by atoms with Gasteiger partial charge in [-0.05, 0) is 23.8 Å². The summed E-state index contributed by atoms with van der Waals surface area (Å²) in [6.07, 6.45) is 3.19. The molecule has 0 spiro atoms. The topological polar surface area (TPSA) is 89.5 Å². The Morgan fingerprint density at radius 1 is 1.21 bits per heavy atom. The highest BCUT2D eigenvalue weighted by Gasteiger charge is 2.12. The van der Waals surface area contributed by atoms with Gasteiger partial charge in [-0.25, -0.2) is 5.43 Å². The first-order chi connectivity index (χ1) is 11.6. The number of nitro groups is 1. The number of nitro benzene ring substituents is 1. The molecule has 0 fully saturated rings. The molecule has 1 heterocycles. The highest BCUT2D eigenvalue weighted by Crippen LogP contribution is 2.20. The van der Waals surface area contributed by atoms with E-state index in [-0.39, 0.29) is 11.6 Å². The number of hydrogen-bond donors (Lipinski definition) is 1. The molecule has 24 heavy (non-hydrogen) atoms. The predicted octanol–water partition coefficient (Wildman–Crippen LogP) is 2.85. The number of rotatable bonds is 4. The second-order valence-corrected chi connectivity index (χ2v) is 5.22. The monoisotopic (exact) mass is 322 g/mol. The van der Waals surface area contributed by atoms with Crippen molar-refractivity contribution < 1.29 is 9.72 Å². The number of amides is 1. The Bertz CT molecular complexity index is 942. The van der Waals surface area contributed by atoms with E-state index in [1.54, 1.807) is 18.3 Å². The van der Waals surface area contributed by atoms with Crippen LogP contribution < -0.4 is 5.43 Å². The summed E-state index contributed by atoms with van der Waals surface area (Å²) < 4.78 is 1.88. The predicted molar refractivity (Wildman–Crippen MR) is 91.1 cm³/mol. The first-order valence-corrected chi connectivity index (χ1v) is 7.18. The zero-order valence-corrected chi connectivity index (χ0v) is 12.8. The average Bonchev–Trinajstić information content (AvgIpc) is 2.93. The van der Waals surface area contributed by atoms with E-state index in [1.165, 1.54) is 18.3 Å². The zero-order chi connectivity index (χ0) is 17.1. The lowest BCUT2D eigenvalue weighted by Crippen LogP contribution is -2.17. The van der Waals surface area contributed by atoms with Crippen molar-refractivity contribution in [1.82, 2.24) is 9.99 Å². The highest BCUT2D eigenvalue weighted by molar-refractivity contribution is 6.07. The molecule has 2 aromatic carbocycles. The molecule has 0 saturated carbocycles. The molecule has 120 valence electrons. The number of nitrogens with one attached hydrogen (secondary N) is 1. The van der Waals surface area contributed by atoms with Crippen molar-refractivity contribution in [2.24, 2.45) is 12.1 Å². The van der Waals surface area contributed by atoms with Crippen LogP contribution in [0.5, 0.6) is 0 Å². The maximum absolute atomic E-state index is 12.3. The van der Waals surface area contributed by atoms with Crippen molar-refractivity contribution in [3.05, 3.63) is 76.0 Å². The lowest BCUT2D eigenvalue weighted by atomic mass is 10.2. The molecular formula is C17H14N4O3. The molecule has 0 bridgehead atoms. The Hall–Kier alpha value is -3.48. The number of aryl methyl sites for hydroxylation is 1. The Morgan fingerprint density at radius 2 is 1.92 bits per heavy atom. The molecule has 1 amide bonds. The number of carbonyl (C=O) groups excluding carboxylic acids is 1. The Labute approximate surface area is 137 Å². The number of fused-ring (bicyclic) bond motifs is 1. The van der Waals surface area contributed by atoms with Gasteiger partial charge in [0.1, 0.15) is 0 Å². The van der Waals surface area contributed by atoms with Gasteiger partial charge in [0, 0.05) is 36.3 Å². The lowest BCUT2D eigenvalue weighted by molar-refractivity contribution is -0.384. The van der Waals surface area contributed by atoms with E-state index in [0.717, 1.165) is 10.9 Å². The van der Waals surface area contributed by atoms with Gasteiger partial charge in [-0.15, -0.1) is 0 Å². The fraction of sp³-hybridized carbons (Fsp3) is 0.0588. The third-order valence-corrected chi connectivity index (χ3v) is 3.63. The molecule has 1 aromatic heterocycles. The number of aromatic nitrogens is 1. The van der Waals surface area contributed by atoms with Crippen LogP contribution in [0.4, 0.5) is 5.69 Å². The van der Waals surface area contributed by atoms with E-state index in [9.17, 15) is 14.9 Å². The van der Waals surface area contributed by atoms with E-state index >= 15 is 0 Å². The van der Waals surface area contributed by atoms with Crippen LogP contribution in [0.15, 0.2) is 59.8 Å². The van der Waals surface area contributed by atoms with E-state index in [0.29, 0.717) is 11.1 Å². The molecule has 3 rings (SSSR count). The fourth-order valence-corrected chi connectivity index (χ4v) is 2.43. The quantitative estimate of drug-likeness (QED) is 0.455. The van der Waals surface area contributed by atoms with E-state index in [1.807, 2.05) is 35.9 Å². The minimum atomic E-state index is -0.469. The highest BCUT2D eigenvalue weighted by atomic mass is 16.6. The van der Waals surface area contributed by atoms with Gasteiger partial charge in [0.2, 0.25) is 0 Å². The molecule has 0 aliphatic heterocycles. The van der Waals surface area contributed by atoms with Crippen LogP contribution in [0.3, 0.4) is 0 Å². The summed E-state index contributed by atoms with van der Waals surface area (Å²) in [7, 11) is 1.87. The summed E-state index contributed by atoms with van der Waals surface area (Å²) in [6, 6.07) is 13.5. The average molecular weight is 322 g/mol. The summed E-state index contributed by atoms with van der Waals surface area (Å²) in [4.78, 5) is 22.4. The summed E-state index contributed by atoms with van der Waals surface area (Å²) in [5.74, 6) is -0.315. The number of nitrogens with zero attached hydrogens (tertiary/aromatic N) is 3. The van der Waals surface area contributed by atoms with Crippen LogP contribution in [0.2, 0.25) is 0 Å². The minimum absolute atomic E-state index is 0.00643. The molecular weight excluding hydrogens is 308 g/mol. The Kier molecular flexibility index (Phi) is 4.07. The first kappa shape index (κ1) is 15.4. The molecule has 3 aromatic rings. The fourth-order valence-electron chi connectivity index (χ4n) is 2.43. The second kappa shape index (κ2) is 6.33. The molecule has 7 nitrogen and oxygen atoms in total. The minimum Gasteiger partial charge on any atom is -0.350 e. The Balaban J connectivity index is 1.73. The normalized spacial score (nSPS) is 11.0. The van der Waals surface area contributed by atoms with E-state index in [2.05, 4.69) is 10.5 Å². The third kappa shape index (κ3) is 3.00. The van der Waals surface area contributed by atoms with Gasteiger partial charge in [-0.2, -0.15) is 5.10 Å². The summed E-state index contributed by atoms with van der Waals surface area (Å²) in [5.41, 5.74) is 4.63. The van der Waals surface area contributed by atoms with Crippen LogP contribution in [0.1, 0.15) is 15.9 Å². The number of hydrogen-bond acceptors (Lipinski definition) is 4. The van der Waals surface area contributed by atoms with Gasteiger partial charge in [0.25, 0.3) is 11.6 Å². The molecule has 0 aliphatic rings. The number of carbonyl (C=O) groups is 1. The zero-order valence-electron chi connectivity index (χ0n) is 12.8. The van der Waals surface area contributed by atoms with Crippen molar-refractivity contribution in [1.29, 1.82) is 0 Å². The molecule has 7 heteroatoms.